The SMILES string of the molecule is CC1CC2(CCO1)CNc1ccc(OC(F)F)cc12. The molecular formula is C14H17F2NO2. The van der Waals surface area contributed by atoms with Crippen molar-refractivity contribution < 1.29 is 18.3 Å². The standard InChI is InChI=1S/C14H17F2NO2/c1-9-7-14(4-5-18-9)8-17-12-3-2-10(6-11(12)14)19-13(15)16/h2-3,6,9,13,17H,4-5,7-8H2,1H3. The van der Waals surface area contributed by atoms with Gasteiger partial charge in [0.2, 0.25) is 0 Å². The summed E-state index contributed by atoms with van der Waals surface area (Å²) in [5.74, 6) is 0.232. The molecule has 0 bridgehead atoms. The van der Waals surface area contributed by atoms with Crippen LogP contribution in [0.5, 0.6) is 5.75 Å². The van der Waals surface area contributed by atoms with Crippen molar-refractivity contribution in [3.05, 3.63) is 23.8 Å². The highest BCUT2D eigenvalue weighted by Crippen LogP contribution is 2.46. The quantitative estimate of drug-likeness (QED) is 0.894. The van der Waals surface area contributed by atoms with Crippen LogP contribution in [-0.2, 0) is 10.2 Å². The van der Waals surface area contributed by atoms with E-state index < -0.39 is 6.61 Å². The summed E-state index contributed by atoms with van der Waals surface area (Å²) in [4.78, 5) is 0. The van der Waals surface area contributed by atoms with Crippen molar-refractivity contribution in [3.63, 3.8) is 0 Å². The predicted molar refractivity (Wildman–Crippen MR) is 67.9 cm³/mol. The molecule has 1 spiro atoms. The van der Waals surface area contributed by atoms with Crippen molar-refractivity contribution in [2.24, 2.45) is 0 Å². The Kier molecular flexibility index (Phi) is 3.09. The molecule has 2 unspecified atom stereocenters. The molecule has 1 saturated heterocycles. The van der Waals surface area contributed by atoms with Crippen LogP contribution in [0, 0.1) is 0 Å². The number of ether oxygens (including phenoxy) is 2. The fraction of sp³-hybridized carbons (Fsp3) is 0.571. The summed E-state index contributed by atoms with van der Waals surface area (Å²) >= 11 is 0. The fourth-order valence-corrected chi connectivity index (χ4v) is 3.22. The van der Waals surface area contributed by atoms with Gasteiger partial charge in [-0.3, -0.25) is 0 Å². The van der Waals surface area contributed by atoms with Gasteiger partial charge in [0, 0.05) is 24.3 Å². The van der Waals surface area contributed by atoms with Gasteiger partial charge in [-0.2, -0.15) is 8.78 Å². The van der Waals surface area contributed by atoms with Crippen molar-refractivity contribution >= 4 is 5.69 Å². The lowest BCUT2D eigenvalue weighted by Crippen LogP contribution is -2.39. The molecule has 5 heteroatoms. The van der Waals surface area contributed by atoms with E-state index in [-0.39, 0.29) is 17.3 Å². The van der Waals surface area contributed by atoms with Gasteiger partial charge >= 0.3 is 6.61 Å². The first kappa shape index (κ1) is 12.7. The third kappa shape index (κ3) is 2.27. The Hall–Kier alpha value is -1.36. The molecule has 0 aliphatic carbocycles. The van der Waals surface area contributed by atoms with Gasteiger partial charge in [0.25, 0.3) is 0 Å². The number of alkyl halides is 2. The Morgan fingerprint density at radius 3 is 3.05 bits per heavy atom. The minimum absolute atomic E-state index is 0.00546. The van der Waals surface area contributed by atoms with Crippen LogP contribution in [0.2, 0.25) is 0 Å². The Balaban J connectivity index is 1.93. The molecule has 2 aliphatic heterocycles. The van der Waals surface area contributed by atoms with Crippen molar-refractivity contribution in [2.45, 2.75) is 37.9 Å². The van der Waals surface area contributed by atoms with Crippen LogP contribution >= 0.6 is 0 Å². The monoisotopic (exact) mass is 269 g/mol. The number of rotatable bonds is 2. The third-order valence-corrected chi connectivity index (χ3v) is 4.07. The highest BCUT2D eigenvalue weighted by atomic mass is 19.3. The zero-order chi connectivity index (χ0) is 13.5. The van der Waals surface area contributed by atoms with E-state index in [4.69, 9.17) is 4.74 Å². The summed E-state index contributed by atoms with van der Waals surface area (Å²) in [5, 5.41) is 3.36. The Morgan fingerprint density at radius 2 is 2.32 bits per heavy atom. The van der Waals surface area contributed by atoms with E-state index in [0.29, 0.717) is 6.61 Å². The van der Waals surface area contributed by atoms with Gasteiger partial charge in [-0.1, -0.05) is 0 Å². The first-order chi connectivity index (χ1) is 9.09. The molecule has 0 saturated carbocycles. The molecule has 0 aromatic heterocycles. The maximum Gasteiger partial charge on any atom is 0.387 e. The van der Waals surface area contributed by atoms with E-state index >= 15 is 0 Å². The van der Waals surface area contributed by atoms with Gasteiger partial charge in [0.15, 0.2) is 0 Å². The summed E-state index contributed by atoms with van der Waals surface area (Å²) in [6, 6.07) is 5.15. The van der Waals surface area contributed by atoms with Crippen LogP contribution in [0.15, 0.2) is 18.2 Å². The maximum atomic E-state index is 12.3. The lowest BCUT2D eigenvalue weighted by atomic mass is 9.74. The smallest absolute Gasteiger partial charge is 0.387 e. The fourth-order valence-electron chi connectivity index (χ4n) is 3.22. The Bertz CT molecular complexity index is 477. The highest BCUT2D eigenvalue weighted by molar-refractivity contribution is 5.62. The van der Waals surface area contributed by atoms with Crippen LogP contribution in [0.25, 0.3) is 0 Å². The first-order valence-corrected chi connectivity index (χ1v) is 6.54. The number of nitrogens with one attached hydrogen (secondary N) is 1. The van der Waals surface area contributed by atoms with Crippen molar-refractivity contribution in [3.8, 4) is 5.75 Å². The van der Waals surface area contributed by atoms with Crippen LogP contribution in [-0.4, -0.2) is 25.9 Å². The Labute approximate surface area is 110 Å². The molecule has 1 aromatic carbocycles. The van der Waals surface area contributed by atoms with Gasteiger partial charge in [-0.25, -0.2) is 0 Å². The summed E-state index contributed by atoms with van der Waals surface area (Å²) in [6.45, 7) is 0.825. The molecule has 104 valence electrons. The largest absolute Gasteiger partial charge is 0.435 e. The minimum atomic E-state index is -2.78. The van der Waals surface area contributed by atoms with Crippen LogP contribution in [0.1, 0.15) is 25.3 Å². The second-order valence-corrected chi connectivity index (χ2v) is 5.36. The summed E-state index contributed by atoms with van der Waals surface area (Å²) in [7, 11) is 0. The second kappa shape index (κ2) is 4.63. The molecule has 0 radical (unpaired) electrons. The molecule has 3 rings (SSSR count). The zero-order valence-electron chi connectivity index (χ0n) is 10.8. The van der Waals surface area contributed by atoms with E-state index in [1.54, 1.807) is 12.1 Å². The van der Waals surface area contributed by atoms with Crippen LogP contribution < -0.4 is 10.1 Å². The number of benzene rings is 1. The molecule has 1 N–H and O–H groups in total. The van der Waals surface area contributed by atoms with E-state index in [0.717, 1.165) is 30.6 Å². The molecule has 1 aromatic rings. The maximum absolute atomic E-state index is 12.3. The molecule has 1 fully saturated rings. The molecule has 2 heterocycles. The molecule has 0 amide bonds. The topological polar surface area (TPSA) is 30.5 Å². The average Bonchev–Trinajstić information content (AvgIpc) is 2.67. The van der Waals surface area contributed by atoms with E-state index in [1.165, 1.54) is 0 Å². The first-order valence-electron chi connectivity index (χ1n) is 6.54. The van der Waals surface area contributed by atoms with Gasteiger partial charge in [-0.15, -0.1) is 0 Å². The van der Waals surface area contributed by atoms with Gasteiger partial charge in [0.1, 0.15) is 5.75 Å². The van der Waals surface area contributed by atoms with Gasteiger partial charge < -0.3 is 14.8 Å². The van der Waals surface area contributed by atoms with E-state index in [9.17, 15) is 8.78 Å². The summed E-state index contributed by atoms with van der Waals surface area (Å²) in [6.07, 6.45) is 2.02. The normalized spacial score (nSPS) is 29.4. The van der Waals surface area contributed by atoms with Gasteiger partial charge in [-0.05, 0) is 43.5 Å². The number of fused-ring (bicyclic) bond motifs is 2. The molecule has 2 aliphatic rings. The zero-order valence-corrected chi connectivity index (χ0v) is 10.8. The number of hydrogen-bond donors (Lipinski definition) is 1. The summed E-state index contributed by atoms with van der Waals surface area (Å²) in [5.41, 5.74) is 2.10. The van der Waals surface area contributed by atoms with Crippen LogP contribution in [0.4, 0.5) is 14.5 Å². The average molecular weight is 269 g/mol. The third-order valence-electron chi connectivity index (χ3n) is 4.07. The Morgan fingerprint density at radius 1 is 1.47 bits per heavy atom. The lowest BCUT2D eigenvalue weighted by Gasteiger charge is -2.37. The lowest BCUT2D eigenvalue weighted by molar-refractivity contribution is -0.0500. The van der Waals surface area contributed by atoms with Crippen molar-refractivity contribution in [1.29, 1.82) is 0 Å². The number of halogens is 2. The predicted octanol–water partition coefficient (Wildman–Crippen LogP) is 3.15. The van der Waals surface area contributed by atoms with E-state index in [1.807, 2.05) is 6.07 Å². The van der Waals surface area contributed by atoms with Crippen molar-refractivity contribution in [2.75, 3.05) is 18.5 Å². The van der Waals surface area contributed by atoms with E-state index in [2.05, 4.69) is 17.0 Å². The molecule has 3 nitrogen and oxygen atoms in total. The van der Waals surface area contributed by atoms with Crippen LogP contribution in [0.3, 0.4) is 0 Å². The van der Waals surface area contributed by atoms with Crippen molar-refractivity contribution in [1.82, 2.24) is 0 Å². The molecule has 2 atom stereocenters. The van der Waals surface area contributed by atoms with Gasteiger partial charge in [0.05, 0.1) is 6.10 Å². The highest BCUT2D eigenvalue weighted by Gasteiger charge is 2.42. The molecular weight excluding hydrogens is 252 g/mol. The minimum Gasteiger partial charge on any atom is -0.435 e. The summed E-state index contributed by atoms with van der Waals surface area (Å²) < 4.78 is 34.7. The number of anilines is 1. The molecule has 19 heavy (non-hydrogen) atoms. The number of hydrogen-bond acceptors (Lipinski definition) is 3. The second-order valence-electron chi connectivity index (χ2n) is 5.36.